The SMILES string of the molecule is N#Cc1ccc(Cn2cncc2SCC(=O)NCc2ccccc2)cc1. The van der Waals surface area contributed by atoms with Crippen LogP contribution in [0.5, 0.6) is 0 Å². The molecule has 1 aromatic heterocycles. The smallest absolute Gasteiger partial charge is 0.230 e. The van der Waals surface area contributed by atoms with Crippen molar-refractivity contribution in [3.63, 3.8) is 0 Å². The Labute approximate surface area is 156 Å². The number of imidazole rings is 1. The molecule has 3 rings (SSSR count). The molecule has 0 radical (unpaired) electrons. The van der Waals surface area contributed by atoms with Crippen molar-refractivity contribution < 1.29 is 4.79 Å². The molecule has 26 heavy (non-hydrogen) atoms. The number of nitrogens with zero attached hydrogens (tertiary/aromatic N) is 3. The van der Waals surface area contributed by atoms with E-state index in [0.29, 0.717) is 24.4 Å². The van der Waals surface area contributed by atoms with E-state index in [1.54, 1.807) is 24.7 Å². The van der Waals surface area contributed by atoms with Crippen molar-refractivity contribution in [2.45, 2.75) is 18.1 Å². The highest BCUT2D eigenvalue weighted by molar-refractivity contribution is 7.99. The summed E-state index contributed by atoms with van der Waals surface area (Å²) in [7, 11) is 0. The molecule has 2 aromatic carbocycles. The van der Waals surface area contributed by atoms with E-state index >= 15 is 0 Å². The molecule has 3 aromatic rings. The molecular formula is C20H18N4OS. The summed E-state index contributed by atoms with van der Waals surface area (Å²) in [5.74, 6) is 0.330. The van der Waals surface area contributed by atoms with Crippen LogP contribution in [-0.4, -0.2) is 21.2 Å². The topological polar surface area (TPSA) is 70.7 Å². The van der Waals surface area contributed by atoms with Gasteiger partial charge in [0, 0.05) is 13.1 Å². The number of carbonyl (C=O) groups is 1. The minimum absolute atomic E-state index is 0.00928. The van der Waals surface area contributed by atoms with Crippen molar-refractivity contribution in [1.29, 1.82) is 5.26 Å². The molecule has 0 aliphatic carbocycles. The van der Waals surface area contributed by atoms with Gasteiger partial charge in [0.05, 0.1) is 34.9 Å². The Morgan fingerprint density at radius 3 is 2.62 bits per heavy atom. The Kier molecular flexibility index (Phi) is 6.07. The van der Waals surface area contributed by atoms with Crippen LogP contribution in [-0.2, 0) is 17.9 Å². The Bertz CT molecular complexity index is 898. The standard InChI is InChI=1S/C20H18N4OS/c21-10-16-6-8-18(9-7-16)13-24-15-22-12-20(24)26-14-19(25)23-11-17-4-2-1-3-5-17/h1-9,12,15H,11,13-14H2,(H,23,25). The summed E-state index contributed by atoms with van der Waals surface area (Å²) in [6.07, 6.45) is 3.52. The molecule has 0 spiro atoms. The van der Waals surface area contributed by atoms with Crippen molar-refractivity contribution in [2.24, 2.45) is 0 Å². The minimum Gasteiger partial charge on any atom is -0.351 e. The summed E-state index contributed by atoms with van der Waals surface area (Å²) in [6.45, 7) is 1.18. The zero-order chi connectivity index (χ0) is 18.2. The Hall–Kier alpha value is -3.04. The van der Waals surface area contributed by atoms with Crippen LogP contribution in [0.4, 0.5) is 0 Å². The monoisotopic (exact) mass is 362 g/mol. The minimum atomic E-state index is -0.00928. The van der Waals surface area contributed by atoms with E-state index in [1.165, 1.54) is 11.8 Å². The molecule has 130 valence electrons. The highest BCUT2D eigenvalue weighted by Crippen LogP contribution is 2.18. The molecule has 0 atom stereocenters. The lowest BCUT2D eigenvalue weighted by molar-refractivity contribution is -0.118. The van der Waals surface area contributed by atoms with Gasteiger partial charge in [-0.2, -0.15) is 5.26 Å². The Balaban J connectivity index is 1.52. The van der Waals surface area contributed by atoms with Crippen LogP contribution >= 0.6 is 11.8 Å². The fourth-order valence-electron chi connectivity index (χ4n) is 2.42. The molecule has 0 fully saturated rings. The predicted octanol–water partition coefficient (Wildman–Crippen LogP) is 3.21. The van der Waals surface area contributed by atoms with Crippen LogP contribution in [0.3, 0.4) is 0 Å². The summed E-state index contributed by atoms with van der Waals surface area (Å²) in [6, 6.07) is 19.4. The number of nitrogens with one attached hydrogen (secondary N) is 1. The zero-order valence-corrected chi connectivity index (χ0v) is 14.9. The molecule has 1 amide bonds. The highest BCUT2D eigenvalue weighted by Gasteiger charge is 2.08. The van der Waals surface area contributed by atoms with Crippen molar-refractivity contribution in [1.82, 2.24) is 14.9 Å². The molecule has 0 aliphatic heterocycles. The lowest BCUT2D eigenvalue weighted by atomic mass is 10.1. The number of amides is 1. The maximum Gasteiger partial charge on any atom is 0.230 e. The highest BCUT2D eigenvalue weighted by atomic mass is 32.2. The van der Waals surface area contributed by atoms with Crippen LogP contribution in [0.15, 0.2) is 72.1 Å². The van der Waals surface area contributed by atoms with Crippen LogP contribution in [0.1, 0.15) is 16.7 Å². The molecule has 0 unspecified atom stereocenters. The lowest BCUT2D eigenvalue weighted by Crippen LogP contribution is -2.24. The van der Waals surface area contributed by atoms with Crippen LogP contribution in [0, 0.1) is 11.3 Å². The van der Waals surface area contributed by atoms with E-state index in [4.69, 9.17) is 5.26 Å². The second-order valence-corrected chi connectivity index (χ2v) is 6.72. The molecule has 0 saturated carbocycles. The molecule has 6 heteroatoms. The number of hydrogen-bond acceptors (Lipinski definition) is 4. The summed E-state index contributed by atoms with van der Waals surface area (Å²) in [5.41, 5.74) is 2.80. The van der Waals surface area contributed by atoms with Gasteiger partial charge in [0.15, 0.2) is 0 Å². The first kappa shape index (κ1) is 17.8. The summed E-state index contributed by atoms with van der Waals surface area (Å²) < 4.78 is 2.00. The van der Waals surface area contributed by atoms with Gasteiger partial charge in [-0.15, -0.1) is 0 Å². The summed E-state index contributed by atoms with van der Waals surface area (Å²) in [4.78, 5) is 16.2. The van der Waals surface area contributed by atoms with Gasteiger partial charge in [-0.05, 0) is 23.3 Å². The van der Waals surface area contributed by atoms with Gasteiger partial charge < -0.3 is 9.88 Å². The van der Waals surface area contributed by atoms with Crippen LogP contribution in [0.25, 0.3) is 0 Å². The number of hydrogen-bond donors (Lipinski definition) is 1. The summed E-state index contributed by atoms with van der Waals surface area (Å²) in [5, 5.41) is 12.7. The lowest BCUT2D eigenvalue weighted by Gasteiger charge is -2.09. The number of carbonyl (C=O) groups excluding carboxylic acids is 1. The second kappa shape index (κ2) is 8.88. The van der Waals surface area contributed by atoms with Gasteiger partial charge in [0.1, 0.15) is 0 Å². The third-order valence-electron chi connectivity index (χ3n) is 3.79. The molecule has 0 bridgehead atoms. The average molecular weight is 362 g/mol. The summed E-state index contributed by atoms with van der Waals surface area (Å²) >= 11 is 1.46. The number of aromatic nitrogens is 2. The van der Waals surface area contributed by atoms with E-state index in [2.05, 4.69) is 16.4 Å². The van der Waals surface area contributed by atoms with E-state index in [1.807, 2.05) is 47.0 Å². The second-order valence-electron chi connectivity index (χ2n) is 5.72. The van der Waals surface area contributed by atoms with Crippen molar-refractivity contribution in [3.05, 3.63) is 83.8 Å². The van der Waals surface area contributed by atoms with Crippen LogP contribution < -0.4 is 5.32 Å². The first-order valence-corrected chi connectivity index (χ1v) is 9.16. The molecule has 1 N–H and O–H groups in total. The number of nitriles is 1. The first-order valence-electron chi connectivity index (χ1n) is 8.17. The normalized spacial score (nSPS) is 10.3. The van der Waals surface area contributed by atoms with Crippen molar-refractivity contribution in [3.8, 4) is 6.07 Å². The fraction of sp³-hybridized carbons (Fsp3) is 0.150. The van der Waals surface area contributed by atoms with Crippen molar-refractivity contribution >= 4 is 17.7 Å². The van der Waals surface area contributed by atoms with Gasteiger partial charge in [-0.25, -0.2) is 4.98 Å². The Morgan fingerprint density at radius 1 is 1.12 bits per heavy atom. The predicted molar refractivity (Wildman–Crippen MR) is 101 cm³/mol. The van der Waals surface area contributed by atoms with Crippen LogP contribution in [0.2, 0.25) is 0 Å². The molecule has 0 saturated heterocycles. The van der Waals surface area contributed by atoms with Gasteiger partial charge in [-0.3, -0.25) is 4.79 Å². The van der Waals surface area contributed by atoms with Gasteiger partial charge in [0.2, 0.25) is 5.91 Å². The van der Waals surface area contributed by atoms with E-state index in [9.17, 15) is 4.79 Å². The Morgan fingerprint density at radius 2 is 1.88 bits per heavy atom. The largest absolute Gasteiger partial charge is 0.351 e. The number of rotatable bonds is 7. The molecule has 5 nitrogen and oxygen atoms in total. The van der Waals surface area contributed by atoms with E-state index in [0.717, 1.165) is 16.2 Å². The molecule has 1 heterocycles. The van der Waals surface area contributed by atoms with E-state index < -0.39 is 0 Å². The molecule has 0 aliphatic rings. The van der Waals surface area contributed by atoms with E-state index in [-0.39, 0.29) is 5.91 Å². The zero-order valence-electron chi connectivity index (χ0n) is 14.1. The number of thioether (sulfide) groups is 1. The third kappa shape index (κ3) is 4.98. The first-order chi connectivity index (χ1) is 12.7. The van der Waals surface area contributed by atoms with Gasteiger partial charge in [0.25, 0.3) is 0 Å². The maximum absolute atomic E-state index is 12.1. The van der Waals surface area contributed by atoms with Gasteiger partial charge in [-0.1, -0.05) is 54.2 Å². The third-order valence-corrected chi connectivity index (χ3v) is 4.84. The van der Waals surface area contributed by atoms with Gasteiger partial charge >= 0.3 is 0 Å². The fourth-order valence-corrected chi connectivity index (χ4v) is 3.21. The maximum atomic E-state index is 12.1. The quantitative estimate of drug-likeness (QED) is 0.655. The average Bonchev–Trinajstić information content (AvgIpc) is 3.13. The van der Waals surface area contributed by atoms with Crippen molar-refractivity contribution in [2.75, 3.05) is 5.75 Å². The molecular weight excluding hydrogens is 344 g/mol. The number of benzene rings is 2.